The van der Waals surface area contributed by atoms with Crippen LogP contribution in [0.4, 0.5) is 0 Å². The third-order valence-corrected chi connectivity index (χ3v) is 6.02. The van der Waals surface area contributed by atoms with Crippen molar-refractivity contribution in [3.63, 3.8) is 0 Å². The predicted octanol–water partition coefficient (Wildman–Crippen LogP) is 1.52. The van der Waals surface area contributed by atoms with Gasteiger partial charge in [-0.2, -0.15) is 0 Å². The molecule has 2 fully saturated rings. The number of likely N-dealkylation sites (tertiary alicyclic amines) is 1. The van der Waals surface area contributed by atoms with Crippen LogP contribution in [0.25, 0.3) is 0 Å². The summed E-state index contributed by atoms with van der Waals surface area (Å²) in [4.78, 5) is 14.7. The second kappa shape index (κ2) is 11.6. The zero-order valence-electron chi connectivity index (χ0n) is 17.8. The molecule has 3 heterocycles. The number of hydrogen-bond donors (Lipinski definition) is 2. The molecule has 3 rings (SSSR count). The van der Waals surface area contributed by atoms with Crippen LogP contribution in [-0.4, -0.2) is 75.4 Å². The van der Waals surface area contributed by atoms with Crippen molar-refractivity contribution >= 4 is 5.91 Å². The highest BCUT2D eigenvalue weighted by atomic mass is 16.5. The Morgan fingerprint density at radius 1 is 1.28 bits per heavy atom. The molecule has 29 heavy (non-hydrogen) atoms. The smallest absolute Gasteiger partial charge is 0.221 e. The fourth-order valence-corrected chi connectivity index (χ4v) is 4.33. The lowest BCUT2D eigenvalue weighted by Gasteiger charge is -2.36. The standard InChI is InChI=1S/C21H37N5O3/c1-2-6-17-15-26(24-23-17)14-9-18-7-8-19(20(16-27)29-18)22-21(28)10-13-25-11-4-3-5-12-25/h15,18-20,27H,2-14,16H2,1H3,(H,22,28)/t18-,19-,20-/m1/s1. The summed E-state index contributed by atoms with van der Waals surface area (Å²) in [6.45, 7) is 5.85. The Labute approximate surface area is 174 Å². The molecule has 2 aliphatic heterocycles. The molecule has 0 radical (unpaired) electrons. The van der Waals surface area contributed by atoms with Crippen molar-refractivity contribution in [2.45, 2.75) is 89.5 Å². The van der Waals surface area contributed by atoms with Gasteiger partial charge in [0, 0.05) is 25.7 Å². The van der Waals surface area contributed by atoms with Gasteiger partial charge < -0.3 is 20.1 Å². The topological polar surface area (TPSA) is 92.5 Å². The summed E-state index contributed by atoms with van der Waals surface area (Å²) in [6, 6.07) is -0.104. The second-order valence-corrected chi connectivity index (χ2v) is 8.39. The molecule has 1 aromatic heterocycles. The van der Waals surface area contributed by atoms with Crippen molar-refractivity contribution in [1.82, 2.24) is 25.2 Å². The van der Waals surface area contributed by atoms with Crippen LogP contribution in [0.5, 0.6) is 0 Å². The van der Waals surface area contributed by atoms with Gasteiger partial charge in [0.25, 0.3) is 0 Å². The molecular formula is C21H37N5O3. The first-order valence-corrected chi connectivity index (χ1v) is 11.3. The van der Waals surface area contributed by atoms with E-state index in [1.807, 2.05) is 10.9 Å². The Kier molecular flexibility index (Phi) is 8.89. The number of nitrogens with one attached hydrogen (secondary N) is 1. The Morgan fingerprint density at radius 2 is 2.10 bits per heavy atom. The molecule has 8 nitrogen and oxygen atoms in total. The number of nitrogens with zero attached hydrogens (tertiary/aromatic N) is 4. The third-order valence-electron chi connectivity index (χ3n) is 6.02. The van der Waals surface area contributed by atoms with Gasteiger partial charge >= 0.3 is 0 Å². The first kappa shape index (κ1) is 22.2. The van der Waals surface area contributed by atoms with Crippen molar-refractivity contribution in [2.24, 2.45) is 0 Å². The van der Waals surface area contributed by atoms with E-state index in [-0.39, 0.29) is 30.8 Å². The van der Waals surface area contributed by atoms with E-state index in [1.165, 1.54) is 19.3 Å². The van der Waals surface area contributed by atoms with E-state index in [9.17, 15) is 9.90 Å². The lowest BCUT2D eigenvalue weighted by Crippen LogP contribution is -2.51. The molecular weight excluding hydrogens is 370 g/mol. The number of hydrogen-bond acceptors (Lipinski definition) is 6. The van der Waals surface area contributed by atoms with Crippen LogP contribution >= 0.6 is 0 Å². The van der Waals surface area contributed by atoms with Crippen molar-refractivity contribution in [1.29, 1.82) is 0 Å². The van der Waals surface area contributed by atoms with Crippen LogP contribution in [0.15, 0.2) is 6.20 Å². The molecule has 0 bridgehead atoms. The van der Waals surface area contributed by atoms with E-state index in [1.54, 1.807) is 0 Å². The Balaban J connectivity index is 1.38. The highest BCUT2D eigenvalue weighted by Gasteiger charge is 2.31. The second-order valence-electron chi connectivity index (χ2n) is 8.39. The first-order chi connectivity index (χ1) is 14.2. The summed E-state index contributed by atoms with van der Waals surface area (Å²) in [5, 5.41) is 21.2. The minimum Gasteiger partial charge on any atom is -0.394 e. The van der Waals surface area contributed by atoms with Crippen LogP contribution in [0.2, 0.25) is 0 Å². The number of aryl methyl sites for hydroxylation is 2. The monoisotopic (exact) mass is 407 g/mol. The molecule has 0 unspecified atom stereocenters. The lowest BCUT2D eigenvalue weighted by molar-refractivity contribution is -0.129. The van der Waals surface area contributed by atoms with E-state index >= 15 is 0 Å². The van der Waals surface area contributed by atoms with Crippen LogP contribution in [-0.2, 0) is 22.5 Å². The van der Waals surface area contributed by atoms with Gasteiger partial charge in [-0.05, 0) is 51.6 Å². The average Bonchev–Trinajstić information content (AvgIpc) is 3.20. The summed E-state index contributed by atoms with van der Waals surface area (Å²) in [6.07, 6.45) is 10.6. The van der Waals surface area contributed by atoms with Gasteiger partial charge in [-0.1, -0.05) is 25.0 Å². The highest BCUT2D eigenvalue weighted by molar-refractivity contribution is 5.76. The zero-order valence-corrected chi connectivity index (χ0v) is 17.8. The summed E-state index contributed by atoms with van der Waals surface area (Å²) in [5.74, 6) is 0.0622. The van der Waals surface area contributed by atoms with Crippen molar-refractivity contribution in [2.75, 3.05) is 26.2 Å². The van der Waals surface area contributed by atoms with Gasteiger partial charge in [0.2, 0.25) is 5.91 Å². The van der Waals surface area contributed by atoms with Crippen LogP contribution in [0.1, 0.15) is 64.0 Å². The molecule has 0 spiro atoms. The molecule has 2 saturated heterocycles. The number of carbonyl (C=O) groups is 1. The molecule has 1 aromatic rings. The van der Waals surface area contributed by atoms with E-state index in [0.717, 1.165) is 64.0 Å². The van der Waals surface area contributed by atoms with Gasteiger partial charge in [0.1, 0.15) is 6.10 Å². The molecule has 8 heteroatoms. The number of aromatic nitrogens is 3. The first-order valence-electron chi connectivity index (χ1n) is 11.3. The molecule has 2 N–H and O–H groups in total. The average molecular weight is 408 g/mol. The number of rotatable bonds is 10. The molecule has 1 amide bonds. The molecule has 2 aliphatic rings. The Morgan fingerprint density at radius 3 is 2.86 bits per heavy atom. The van der Waals surface area contributed by atoms with Crippen LogP contribution in [0.3, 0.4) is 0 Å². The predicted molar refractivity (Wildman–Crippen MR) is 110 cm³/mol. The number of piperidine rings is 1. The molecule has 164 valence electrons. The van der Waals surface area contributed by atoms with Gasteiger partial charge in [-0.15, -0.1) is 5.10 Å². The zero-order chi connectivity index (χ0) is 20.5. The van der Waals surface area contributed by atoms with Gasteiger partial charge in [0.05, 0.1) is 24.4 Å². The van der Waals surface area contributed by atoms with Crippen molar-refractivity contribution in [3.05, 3.63) is 11.9 Å². The normalized spacial score (nSPS) is 25.8. The minimum atomic E-state index is -0.334. The maximum absolute atomic E-state index is 12.4. The summed E-state index contributed by atoms with van der Waals surface area (Å²) in [5.41, 5.74) is 1.03. The largest absolute Gasteiger partial charge is 0.394 e. The molecule has 0 aliphatic carbocycles. The number of ether oxygens (including phenoxy) is 1. The van der Waals surface area contributed by atoms with Crippen LogP contribution in [0, 0.1) is 0 Å². The lowest BCUT2D eigenvalue weighted by atomic mass is 9.97. The maximum atomic E-state index is 12.4. The third kappa shape index (κ3) is 7.04. The van der Waals surface area contributed by atoms with Gasteiger partial charge in [0.15, 0.2) is 0 Å². The fraction of sp³-hybridized carbons (Fsp3) is 0.857. The van der Waals surface area contributed by atoms with E-state index in [2.05, 4.69) is 27.5 Å². The molecule has 3 atom stereocenters. The van der Waals surface area contributed by atoms with Crippen molar-refractivity contribution < 1.29 is 14.6 Å². The maximum Gasteiger partial charge on any atom is 0.221 e. The quantitative estimate of drug-likeness (QED) is 0.611. The number of carbonyl (C=O) groups excluding carboxylic acids is 1. The SMILES string of the molecule is CCCc1cn(CC[C@H]2CC[C@@H](NC(=O)CCN3CCCCC3)[C@@H](CO)O2)nn1. The fourth-order valence-electron chi connectivity index (χ4n) is 4.33. The Bertz CT molecular complexity index is 617. The highest BCUT2D eigenvalue weighted by Crippen LogP contribution is 2.22. The summed E-state index contributed by atoms with van der Waals surface area (Å²) in [7, 11) is 0. The summed E-state index contributed by atoms with van der Waals surface area (Å²) >= 11 is 0. The Hall–Kier alpha value is -1.51. The van der Waals surface area contributed by atoms with Crippen LogP contribution < -0.4 is 5.32 Å². The molecule has 0 saturated carbocycles. The van der Waals surface area contributed by atoms with E-state index < -0.39 is 0 Å². The minimum absolute atomic E-state index is 0.0622. The van der Waals surface area contributed by atoms with Gasteiger partial charge in [-0.25, -0.2) is 0 Å². The van der Waals surface area contributed by atoms with Gasteiger partial charge in [-0.3, -0.25) is 9.48 Å². The number of aliphatic hydroxyl groups excluding tert-OH is 1. The number of amides is 1. The van der Waals surface area contributed by atoms with Crippen molar-refractivity contribution in [3.8, 4) is 0 Å². The van der Waals surface area contributed by atoms with E-state index in [4.69, 9.17) is 4.74 Å². The number of aliphatic hydroxyl groups is 1. The van der Waals surface area contributed by atoms with E-state index in [0.29, 0.717) is 6.42 Å². The summed E-state index contributed by atoms with van der Waals surface area (Å²) < 4.78 is 7.95. The molecule has 0 aromatic carbocycles.